The number of hydrogen-bond donors (Lipinski definition) is 2. The molecule has 106 valence electrons. The highest BCUT2D eigenvalue weighted by Crippen LogP contribution is 2.18. The van der Waals surface area contributed by atoms with Crippen LogP contribution in [0, 0.1) is 0 Å². The van der Waals surface area contributed by atoms with Crippen LogP contribution in [0.1, 0.15) is 39.0 Å². The highest BCUT2D eigenvalue weighted by Gasteiger charge is 2.21. The monoisotopic (exact) mass is 281 g/mol. The Morgan fingerprint density at radius 2 is 2.05 bits per heavy atom. The van der Waals surface area contributed by atoms with Crippen LogP contribution in [-0.2, 0) is 4.79 Å². The van der Waals surface area contributed by atoms with Gasteiger partial charge in [-0.2, -0.15) is 0 Å². The quantitative estimate of drug-likeness (QED) is 0.754. The van der Waals surface area contributed by atoms with Gasteiger partial charge in [0.2, 0.25) is 0 Å². The number of rotatable bonds is 2. The highest BCUT2D eigenvalue weighted by atomic mass is 32.1. The van der Waals surface area contributed by atoms with E-state index in [2.05, 4.69) is 29.5 Å². The first-order valence-corrected chi connectivity index (χ1v) is 7.46. The molecule has 0 atom stereocenters. The Hall–Kier alpha value is -0.940. The first-order chi connectivity index (χ1) is 9.06. The molecule has 4 nitrogen and oxygen atoms in total. The van der Waals surface area contributed by atoms with Crippen LogP contribution >= 0.6 is 12.2 Å². The number of amides is 1. The number of carbonyl (C=O) groups excluding carboxylic acids is 1. The summed E-state index contributed by atoms with van der Waals surface area (Å²) < 4.78 is 0. The predicted octanol–water partition coefficient (Wildman–Crippen LogP) is 1.57. The maximum Gasteiger partial charge on any atom is 0.279 e. The lowest BCUT2D eigenvalue weighted by atomic mass is 10.1. The Labute approximate surface area is 120 Å². The molecule has 1 aliphatic carbocycles. The molecule has 0 saturated heterocycles. The predicted molar refractivity (Wildman–Crippen MR) is 80.9 cm³/mol. The molecular formula is C14H23N3OS. The number of hydrogen-bond acceptors (Lipinski definition) is 3. The Morgan fingerprint density at radius 3 is 2.68 bits per heavy atom. The van der Waals surface area contributed by atoms with E-state index in [9.17, 15) is 4.79 Å². The van der Waals surface area contributed by atoms with Gasteiger partial charge in [0, 0.05) is 31.2 Å². The zero-order valence-corrected chi connectivity index (χ0v) is 12.6. The van der Waals surface area contributed by atoms with E-state index in [-0.39, 0.29) is 5.91 Å². The van der Waals surface area contributed by atoms with Crippen molar-refractivity contribution in [2.45, 2.75) is 45.1 Å². The van der Waals surface area contributed by atoms with Gasteiger partial charge in [-0.15, -0.1) is 0 Å². The summed E-state index contributed by atoms with van der Waals surface area (Å²) in [6, 6.07) is 0.319. The van der Waals surface area contributed by atoms with Crippen molar-refractivity contribution >= 4 is 23.1 Å². The second kappa shape index (κ2) is 6.48. The second-order valence-corrected chi connectivity index (χ2v) is 6.06. The van der Waals surface area contributed by atoms with Crippen LogP contribution in [0.5, 0.6) is 0 Å². The molecule has 19 heavy (non-hydrogen) atoms. The van der Waals surface area contributed by atoms with E-state index < -0.39 is 0 Å². The Kier molecular flexibility index (Phi) is 4.93. The highest BCUT2D eigenvalue weighted by molar-refractivity contribution is 7.82. The molecule has 1 amide bonds. The van der Waals surface area contributed by atoms with Crippen molar-refractivity contribution in [3.63, 3.8) is 0 Å². The summed E-state index contributed by atoms with van der Waals surface area (Å²) >= 11 is 5.20. The number of likely N-dealkylation sites (N-methyl/N-ethyl adjacent to an activating group) is 1. The van der Waals surface area contributed by atoms with Gasteiger partial charge in [0.05, 0.1) is 0 Å². The first-order valence-electron chi connectivity index (χ1n) is 7.05. The third-order valence-electron chi connectivity index (χ3n) is 3.93. The summed E-state index contributed by atoms with van der Waals surface area (Å²) in [5.41, 5.74) is 2.38. The van der Waals surface area contributed by atoms with Gasteiger partial charge >= 0.3 is 0 Å². The van der Waals surface area contributed by atoms with Crippen molar-refractivity contribution in [1.29, 1.82) is 0 Å². The number of thiocarbonyl (C=S) groups is 1. The molecule has 1 aliphatic heterocycles. The largest absolute Gasteiger partial charge is 0.347 e. The molecule has 0 unspecified atom stereocenters. The van der Waals surface area contributed by atoms with Crippen LogP contribution < -0.4 is 10.6 Å². The molecule has 0 bridgehead atoms. The third-order valence-corrected chi connectivity index (χ3v) is 4.21. The van der Waals surface area contributed by atoms with E-state index in [1.165, 1.54) is 18.4 Å². The van der Waals surface area contributed by atoms with Gasteiger partial charge in [-0.25, -0.2) is 0 Å². The average Bonchev–Trinajstić information content (AvgIpc) is 2.85. The summed E-state index contributed by atoms with van der Waals surface area (Å²) in [4.78, 5) is 14.6. The van der Waals surface area contributed by atoms with Crippen LogP contribution in [0.15, 0.2) is 11.3 Å². The molecule has 1 fully saturated rings. The number of carbonyl (C=O) groups is 1. The van der Waals surface area contributed by atoms with Crippen LogP contribution in [0.3, 0.4) is 0 Å². The third kappa shape index (κ3) is 4.01. The second-order valence-electron chi connectivity index (χ2n) is 5.66. The van der Waals surface area contributed by atoms with Crippen LogP contribution in [0.25, 0.3) is 0 Å². The molecule has 0 aromatic rings. The van der Waals surface area contributed by atoms with E-state index in [0.717, 1.165) is 38.0 Å². The minimum absolute atomic E-state index is 0.124. The maximum atomic E-state index is 12.0. The summed E-state index contributed by atoms with van der Waals surface area (Å²) in [5.74, 6) is -0.124. The van der Waals surface area contributed by atoms with E-state index in [4.69, 9.17) is 12.2 Å². The van der Waals surface area contributed by atoms with Gasteiger partial charge in [0.25, 0.3) is 5.91 Å². The van der Waals surface area contributed by atoms with Crippen molar-refractivity contribution < 1.29 is 4.79 Å². The van der Waals surface area contributed by atoms with Crippen LogP contribution in [-0.4, -0.2) is 42.0 Å². The van der Waals surface area contributed by atoms with Gasteiger partial charge < -0.3 is 15.5 Å². The normalized spacial score (nSPS) is 21.6. The van der Waals surface area contributed by atoms with Crippen molar-refractivity contribution in [3.05, 3.63) is 11.3 Å². The average molecular weight is 281 g/mol. The van der Waals surface area contributed by atoms with Gasteiger partial charge in [-0.05, 0) is 32.4 Å². The van der Waals surface area contributed by atoms with E-state index in [1.807, 2.05) is 0 Å². The van der Waals surface area contributed by atoms with E-state index in [0.29, 0.717) is 11.0 Å². The van der Waals surface area contributed by atoms with E-state index in [1.54, 1.807) is 0 Å². The molecule has 5 heteroatoms. The zero-order valence-electron chi connectivity index (χ0n) is 11.8. The lowest BCUT2D eigenvalue weighted by Gasteiger charge is -2.27. The summed E-state index contributed by atoms with van der Waals surface area (Å²) in [6.07, 6.45) is 5.52. The maximum absolute atomic E-state index is 12.0. The van der Waals surface area contributed by atoms with Crippen molar-refractivity contribution in [2.24, 2.45) is 0 Å². The lowest BCUT2D eigenvalue weighted by Crippen LogP contribution is -2.43. The Bertz CT molecular complexity index is 399. The Morgan fingerprint density at radius 1 is 1.37 bits per heavy atom. The molecule has 0 aromatic heterocycles. The minimum atomic E-state index is -0.124. The molecule has 0 aromatic carbocycles. The molecule has 0 spiro atoms. The number of nitrogens with zero attached hydrogens (tertiary/aromatic N) is 1. The molecule has 2 aliphatic rings. The SMILES string of the molecule is CC1=C(NC(=S)C(=O)NC2CCCC2)CCN(C)C1. The van der Waals surface area contributed by atoms with Gasteiger partial charge in [-0.3, -0.25) is 4.79 Å². The summed E-state index contributed by atoms with van der Waals surface area (Å²) in [6.45, 7) is 4.04. The smallest absolute Gasteiger partial charge is 0.279 e. The minimum Gasteiger partial charge on any atom is -0.347 e. The molecule has 2 rings (SSSR count). The van der Waals surface area contributed by atoms with Gasteiger partial charge in [0.1, 0.15) is 0 Å². The summed E-state index contributed by atoms with van der Waals surface area (Å²) in [5, 5.41) is 6.15. The fraction of sp³-hybridized carbons (Fsp3) is 0.714. The van der Waals surface area contributed by atoms with E-state index >= 15 is 0 Å². The molecule has 1 heterocycles. The first kappa shape index (κ1) is 14.5. The molecule has 0 radical (unpaired) electrons. The van der Waals surface area contributed by atoms with Crippen LogP contribution in [0.2, 0.25) is 0 Å². The van der Waals surface area contributed by atoms with Gasteiger partial charge in [-0.1, -0.05) is 25.1 Å². The lowest BCUT2D eigenvalue weighted by molar-refractivity contribution is -0.115. The topological polar surface area (TPSA) is 44.4 Å². The fourth-order valence-electron chi connectivity index (χ4n) is 2.78. The summed E-state index contributed by atoms with van der Waals surface area (Å²) in [7, 11) is 2.10. The fourth-order valence-corrected chi connectivity index (χ4v) is 2.96. The zero-order chi connectivity index (χ0) is 13.8. The van der Waals surface area contributed by atoms with Crippen molar-refractivity contribution in [3.8, 4) is 0 Å². The molecule has 1 saturated carbocycles. The van der Waals surface area contributed by atoms with Crippen LogP contribution in [0.4, 0.5) is 0 Å². The van der Waals surface area contributed by atoms with Crippen molar-refractivity contribution in [1.82, 2.24) is 15.5 Å². The molecular weight excluding hydrogens is 258 g/mol. The number of nitrogens with one attached hydrogen (secondary N) is 2. The van der Waals surface area contributed by atoms with Gasteiger partial charge in [0.15, 0.2) is 4.99 Å². The molecule has 2 N–H and O–H groups in total. The standard InChI is InChI=1S/C14H23N3OS/c1-10-9-17(2)8-7-12(10)16-14(19)13(18)15-11-5-3-4-6-11/h11H,3-9H2,1-2H3,(H,15,18)(H,16,19). The van der Waals surface area contributed by atoms with Crippen molar-refractivity contribution in [2.75, 3.05) is 20.1 Å². The Balaban J connectivity index is 1.86.